The molecule has 0 radical (unpaired) electrons. The van der Waals surface area contributed by atoms with Gasteiger partial charge in [0.25, 0.3) is 0 Å². The number of hydrogen-bond acceptors (Lipinski definition) is 7. The van der Waals surface area contributed by atoms with Crippen LogP contribution in [0.4, 0.5) is 11.6 Å². The van der Waals surface area contributed by atoms with Crippen molar-refractivity contribution < 1.29 is 0 Å². The first-order valence-electron chi connectivity index (χ1n) is 9.83. The first kappa shape index (κ1) is 17.8. The van der Waals surface area contributed by atoms with E-state index >= 15 is 0 Å². The minimum Gasteiger partial charge on any atom is -0.352 e. The molecule has 1 aliphatic rings. The summed E-state index contributed by atoms with van der Waals surface area (Å²) in [6, 6.07) is 12.3. The molecule has 0 unspecified atom stereocenters. The smallest absolute Gasteiger partial charge is 0.178 e. The highest BCUT2D eigenvalue weighted by Crippen LogP contribution is 2.26. The fourth-order valence-corrected chi connectivity index (χ4v) is 3.61. The summed E-state index contributed by atoms with van der Waals surface area (Å²) in [5.41, 5.74) is 2.50. The SMILES string of the molecule is CN(c1cnc2ccccc2n1)C1CN(c2ccc3nnc(C(C)(C)C)n3n2)C1. The van der Waals surface area contributed by atoms with Crippen LogP contribution in [0.25, 0.3) is 16.7 Å². The molecule has 3 aromatic heterocycles. The summed E-state index contributed by atoms with van der Waals surface area (Å²) in [6.07, 6.45) is 1.85. The average Bonchev–Trinajstić information content (AvgIpc) is 3.10. The third-order valence-electron chi connectivity index (χ3n) is 5.45. The quantitative estimate of drug-likeness (QED) is 0.534. The van der Waals surface area contributed by atoms with Crippen LogP contribution in [-0.2, 0) is 5.41 Å². The largest absolute Gasteiger partial charge is 0.352 e. The molecule has 0 bridgehead atoms. The van der Waals surface area contributed by atoms with Gasteiger partial charge in [0.15, 0.2) is 11.5 Å². The maximum absolute atomic E-state index is 4.80. The number of para-hydroxylation sites is 2. The van der Waals surface area contributed by atoms with Gasteiger partial charge in [0, 0.05) is 25.6 Å². The van der Waals surface area contributed by atoms with Gasteiger partial charge in [-0.2, -0.15) is 4.52 Å². The molecular formula is C21H24N8. The highest BCUT2D eigenvalue weighted by molar-refractivity contribution is 5.75. The first-order valence-corrected chi connectivity index (χ1v) is 9.83. The van der Waals surface area contributed by atoms with Gasteiger partial charge in [0.05, 0.1) is 23.3 Å². The summed E-state index contributed by atoms with van der Waals surface area (Å²) in [6.45, 7) is 8.14. The van der Waals surface area contributed by atoms with Gasteiger partial charge in [-0.25, -0.2) is 4.98 Å². The molecule has 0 saturated carbocycles. The van der Waals surface area contributed by atoms with E-state index in [1.165, 1.54) is 0 Å². The molecular weight excluding hydrogens is 364 g/mol. The molecule has 0 atom stereocenters. The second-order valence-corrected chi connectivity index (χ2v) is 8.62. The predicted octanol–water partition coefficient (Wildman–Crippen LogP) is 2.69. The summed E-state index contributed by atoms with van der Waals surface area (Å²) in [5.74, 6) is 2.71. The zero-order chi connectivity index (χ0) is 20.2. The molecule has 1 fully saturated rings. The van der Waals surface area contributed by atoms with Crippen molar-refractivity contribution in [3.8, 4) is 0 Å². The first-order chi connectivity index (χ1) is 13.9. The van der Waals surface area contributed by atoms with Gasteiger partial charge in [0.1, 0.15) is 11.6 Å². The van der Waals surface area contributed by atoms with E-state index in [0.29, 0.717) is 6.04 Å². The molecule has 1 aromatic carbocycles. The number of hydrogen-bond donors (Lipinski definition) is 0. The normalized spacial score (nSPS) is 15.1. The maximum atomic E-state index is 4.80. The van der Waals surface area contributed by atoms with Gasteiger partial charge in [-0.3, -0.25) is 4.98 Å². The van der Waals surface area contributed by atoms with Crippen molar-refractivity contribution >= 4 is 28.3 Å². The van der Waals surface area contributed by atoms with Gasteiger partial charge in [-0.1, -0.05) is 32.9 Å². The maximum Gasteiger partial charge on any atom is 0.178 e. The number of fused-ring (bicyclic) bond motifs is 2. The van der Waals surface area contributed by atoms with Crippen LogP contribution < -0.4 is 9.80 Å². The van der Waals surface area contributed by atoms with E-state index in [-0.39, 0.29) is 5.41 Å². The molecule has 4 heterocycles. The number of benzene rings is 1. The van der Waals surface area contributed by atoms with Crippen LogP contribution in [0, 0.1) is 0 Å². The highest BCUT2D eigenvalue weighted by atomic mass is 15.4. The monoisotopic (exact) mass is 388 g/mol. The van der Waals surface area contributed by atoms with Crippen LogP contribution in [0.15, 0.2) is 42.6 Å². The molecule has 0 amide bonds. The summed E-state index contributed by atoms with van der Waals surface area (Å²) in [7, 11) is 2.08. The Morgan fingerprint density at radius 3 is 2.52 bits per heavy atom. The Hall–Kier alpha value is -3.29. The molecule has 0 aliphatic carbocycles. The van der Waals surface area contributed by atoms with Crippen molar-refractivity contribution in [2.45, 2.75) is 32.2 Å². The van der Waals surface area contributed by atoms with Gasteiger partial charge in [0.2, 0.25) is 0 Å². The Bertz CT molecular complexity index is 1190. The second kappa shape index (κ2) is 6.37. The van der Waals surface area contributed by atoms with Crippen LogP contribution in [0.2, 0.25) is 0 Å². The summed E-state index contributed by atoms with van der Waals surface area (Å²) in [5, 5.41) is 13.4. The fraction of sp³-hybridized carbons (Fsp3) is 0.381. The minimum absolute atomic E-state index is 0.114. The van der Waals surface area contributed by atoms with Crippen LogP contribution in [0.5, 0.6) is 0 Å². The zero-order valence-corrected chi connectivity index (χ0v) is 17.1. The Morgan fingerprint density at radius 1 is 1.00 bits per heavy atom. The van der Waals surface area contributed by atoms with Crippen LogP contribution in [0.1, 0.15) is 26.6 Å². The Morgan fingerprint density at radius 2 is 1.76 bits per heavy atom. The minimum atomic E-state index is -0.114. The van der Waals surface area contributed by atoms with Crippen molar-refractivity contribution in [2.75, 3.05) is 29.9 Å². The van der Waals surface area contributed by atoms with E-state index in [0.717, 1.165) is 47.2 Å². The van der Waals surface area contributed by atoms with Crippen LogP contribution >= 0.6 is 0 Å². The molecule has 29 heavy (non-hydrogen) atoms. The van der Waals surface area contributed by atoms with Gasteiger partial charge >= 0.3 is 0 Å². The third kappa shape index (κ3) is 3.04. The van der Waals surface area contributed by atoms with Crippen molar-refractivity contribution in [3.05, 3.63) is 48.4 Å². The van der Waals surface area contributed by atoms with Crippen molar-refractivity contribution in [1.82, 2.24) is 29.8 Å². The molecule has 4 aromatic rings. The van der Waals surface area contributed by atoms with Crippen molar-refractivity contribution in [2.24, 2.45) is 0 Å². The lowest BCUT2D eigenvalue weighted by atomic mass is 9.96. The van der Waals surface area contributed by atoms with Crippen LogP contribution in [-0.4, -0.2) is 56.0 Å². The molecule has 1 saturated heterocycles. The van der Waals surface area contributed by atoms with E-state index in [1.807, 2.05) is 47.1 Å². The molecule has 8 nitrogen and oxygen atoms in total. The van der Waals surface area contributed by atoms with Crippen molar-refractivity contribution in [3.63, 3.8) is 0 Å². The Labute approximate surface area is 169 Å². The highest BCUT2D eigenvalue weighted by Gasteiger charge is 2.32. The van der Waals surface area contributed by atoms with E-state index in [9.17, 15) is 0 Å². The molecule has 0 N–H and O–H groups in total. The standard InChI is InChI=1S/C21H24N8/c1-21(2,3)20-25-24-17-9-10-18(26-29(17)20)28-12-14(13-28)27(4)19-11-22-15-7-5-6-8-16(15)23-19/h5-11,14H,12-13H2,1-4H3. The number of likely N-dealkylation sites (N-methyl/N-ethyl adjacent to an activating group) is 1. The lowest BCUT2D eigenvalue weighted by molar-refractivity contribution is 0.483. The van der Waals surface area contributed by atoms with Crippen LogP contribution in [0.3, 0.4) is 0 Å². The summed E-state index contributed by atoms with van der Waals surface area (Å²) < 4.78 is 1.86. The predicted molar refractivity (Wildman–Crippen MR) is 113 cm³/mol. The fourth-order valence-electron chi connectivity index (χ4n) is 3.61. The number of rotatable bonds is 3. The van der Waals surface area contributed by atoms with E-state index in [1.54, 1.807) is 0 Å². The molecule has 8 heteroatoms. The Kier molecular flexibility index (Phi) is 3.90. The topological polar surface area (TPSA) is 75.3 Å². The molecule has 0 spiro atoms. The van der Waals surface area contributed by atoms with Gasteiger partial charge in [-0.15, -0.1) is 15.3 Å². The Balaban J connectivity index is 1.34. The summed E-state index contributed by atoms with van der Waals surface area (Å²) in [4.78, 5) is 13.8. The molecule has 148 valence electrons. The van der Waals surface area contributed by atoms with E-state index in [2.05, 4.69) is 52.8 Å². The average molecular weight is 388 g/mol. The molecule has 5 rings (SSSR count). The second-order valence-electron chi connectivity index (χ2n) is 8.62. The third-order valence-corrected chi connectivity index (χ3v) is 5.45. The lowest BCUT2D eigenvalue weighted by Gasteiger charge is -2.44. The lowest BCUT2D eigenvalue weighted by Crippen LogP contribution is -2.59. The number of nitrogens with zero attached hydrogens (tertiary/aromatic N) is 8. The number of anilines is 2. The number of aromatic nitrogens is 6. The summed E-state index contributed by atoms with van der Waals surface area (Å²) >= 11 is 0. The molecule has 1 aliphatic heterocycles. The zero-order valence-electron chi connectivity index (χ0n) is 17.1. The van der Waals surface area contributed by atoms with E-state index < -0.39 is 0 Å². The van der Waals surface area contributed by atoms with Crippen molar-refractivity contribution in [1.29, 1.82) is 0 Å². The van der Waals surface area contributed by atoms with Gasteiger partial charge in [-0.05, 0) is 24.3 Å². The van der Waals surface area contributed by atoms with Gasteiger partial charge < -0.3 is 9.80 Å². The van der Waals surface area contributed by atoms with E-state index in [4.69, 9.17) is 10.1 Å².